The van der Waals surface area contributed by atoms with E-state index < -0.39 is 0 Å². The number of hydrogen-bond acceptors (Lipinski definition) is 5. The molecule has 1 fully saturated rings. The Morgan fingerprint density at radius 1 is 1.38 bits per heavy atom. The first-order chi connectivity index (χ1) is 11.7. The Balaban J connectivity index is 1.52. The number of amides is 2. The van der Waals surface area contributed by atoms with Crippen molar-refractivity contribution in [2.75, 3.05) is 33.6 Å². The van der Waals surface area contributed by atoms with Crippen LogP contribution in [0.1, 0.15) is 18.4 Å². The highest BCUT2D eigenvalue weighted by Crippen LogP contribution is 2.33. The molecule has 0 spiro atoms. The summed E-state index contributed by atoms with van der Waals surface area (Å²) in [6.45, 7) is 2.33. The molecule has 1 atom stereocenters. The molecule has 1 aromatic rings. The van der Waals surface area contributed by atoms with Crippen LogP contribution < -0.4 is 14.8 Å². The lowest BCUT2D eigenvalue weighted by Crippen LogP contribution is -2.33. The molecule has 2 amide bonds. The molecular weight excluding hydrogens is 312 g/mol. The van der Waals surface area contributed by atoms with Gasteiger partial charge in [0.05, 0.1) is 5.92 Å². The van der Waals surface area contributed by atoms with Gasteiger partial charge in [-0.3, -0.25) is 9.59 Å². The highest BCUT2D eigenvalue weighted by molar-refractivity contribution is 5.89. The second-order valence-corrected chi connectivity index (χ2v) is 6.00. The number of rotatable bonds is 7. The summed E-state index contributed by atoms with van der Waals surface area (Å²) in [5, 5.41) is 2.86. The van der Waals surface area contributed by atoms with Crippen molar-refractivity contribution < 1.29 is 23.8 Å². The first-order valence-electron chi connectivity index (χ1n) is 8.10. The van der Waals surface area contributed by atoms with Crippen molar-refractivity contribution in [3.05, 3.63) is 23.8 Å². The maximum absolute atomic E-state index is 12.2. The molecule has 24 heavy (non-hydrogen) atoms. The van der Waals surface area contributed by atoms with Crippen molar-refractivity contribution in [3.63, 3.8) is 0 Å². The minimum atomic E-state index is -0.283. The zero-order chi connectivity index (χ0) is 16.9. The number of carbonyl (C=O) groups is 2. The van der Waals surface area contributed by atoms with Crippen LogP contribution >= 0.6 is 0 Å². The fourth-order valence-electron chi connectivity index (χ4n) is 2.93. The Labute approximate surface area is 140 Å². The molecule has 0 bridgehead atoms. The molecule has 7 heteroatoms. The van der Waals surface area contributed by atoms with Crippen LogP contribution in [0.4, 0.5) is 0 Å². The van der Waals surface area contributed by atoms with Crippen LogP contribution in [0, 0.1) is 5.92 Å². The Hall–Kier alpha value is -2.28. The SMILES string of the molecule is COCCCNC(=O)C1CC(=O)N(Cc2ccc3c(c2)OCO3)C1. The summed E-state index contributed by atoms with van der Waals surface area (Å²) in [5.41, 5.74) is 0.966. The lowest BCUT2D eigenvalue weighted by molar-refractivity contribution is -0.129. The van der Waals surface area contributed by atoms with E-state index in [1.54, 1.807) is 12.0 Å². The minimum Gasteiger partial charge on any atom is -0.454 e. The molecule has 1 aromatic carbocycles. The first-order valence-corrected chi connectivity index (χ1v) is 8.10. The predicted molar refractivity (Wildman–Crippen MR) is 85.6 cm³/mol. The summed E-state index contributed by atoms with van der Waals surface area (Å²) in [6.07, 6.45) is 1.03. The van der Waals surface area contributed by atoms with E-state index in [2.05, 4.69) is 5.32 Å². The van der Waals surface area contributed by atoms with Crippen LogP contribution in [0.15, 0.2) is 18.2 Å². The van der Waals surface area contributed by atoms with Crippen LogP contribution in [-0.2, 0) is 20.9 Å². The summed E-state index contributed by atoms with van der Waals surface area (Å²) >= 11 is 0. The average molecular weight is 334 g/mol. The van der Waals surface area contributed by atoms with E-state index in [1.165, 1.54) is 0 Å². The Morgan fingerprint density at radius 3 is 3.04 bits per heavy atom. The molecule has 2 aliphatic rings. The fourth-order valence-corrected chi connectivity index (χ4v) is 2.93. The fraction of sp³-hybridized carbons (Fsp3) is 0.529. The maximum atomic E-state index is 12.2. The van der Waals surface area contributed by atoms with Gasteiger partial charge in [0.1, 0.15) is 0 Å². The molecule has 0 aromatic heterocycles. The number of methoxy groups -OCH3 is 1. The monoisotopic (exact) mass is 334 g/mol. The van der Waals surface area contributed by atoms with Gasteiger partial charge in [-0.05, 0) is 24.1 Å². The van der Waals surface area contributed by atoms with E-state index in [4.69, 9.17) is 14.2 Å². The summed E-state index contributed by atoms with van der Waals surface area (Å²) in [6, 6.07) is 5.64. The molecule has 1 unspecified atom stereocenters. The van der Waals surface area contributed by atoms with Crippen molar-refractivity contribution in [2.45, 2.75) is 19.4 Å². The Kier molecular flexibility index (Phi) is 5.20. The number of hydrogen-bond donors (Lipinski definition) is 1. The topological polar surface area (TPSA) is 77.1 Å². The van der Waals surface area contributed by atoms with Crippen LogP contribution in [0.3, 0.4) is 0 Å². The largest absolute Gasteiger partial charge is 0.454 e. The van der Waals surface area contributed by atoms with Gasteiger partial charge in [-0.15, -0.1) is 0 Å². The number of carbonyl (C=O) groups excluding carboxylic acids is 2. The minimum absolute atomic E-state index is 0.00436. The van der Waals surface area contributed by atoms with Gasteiger partial charge in [-0.25, -0.2) is 0 Å². The number of benzene rings is 1. The standard InChI is InChI=1S/C17H22N2O5/c1-22-6-2-5-18-17(21)13-8-16(20)19(10-13)9-12-3-4-14-15(7-12)24-11-23-14/h3-4,7,13H,2,5-6,8-11H2,1H3,(H,18,21). The van der Waals surface area contributed by atoms with Gasteiger partial charge in [0.15, 0.2) is 11.5 Å². The third-order valence-electron chi connectivity index (χ3n) is 4.22. The molecule has 3 rings (SSSR count). The first kappa shape index (κ1) is 16.6. The summed E-state index contributed by atoms with van der Waals surface area (Å²) < 4.78 is 15.6. The van der Waals surface area contributed by atoms with Crippen LogP contribution in [-0.4, -0.2) is 50.3 Å². The van der Waals surface area contributed by atoms with E-state index in [1.807, 2.05) is 18.2 Å². The Bertz CT molecular complexity index is 619. The lowest BCUT2D eigenvalue weighted by Gasteiger charge is -2.17. The van der Waals surface area contributed by atoms with E-state index >= 15 is 0 Å². The van der Waals surface area contributed by atoms with Crippen LogP contribution in [0.5, 0.6) is 11.5 Å². The molecule has 1 N–H and O–H groups in total. The van der Waals surface area contributed by atoms with Gasteiger partial charge < -0.3 is 24.4 Å². The van der Waals surface area contributed by atoms with Crippen LogP contribution in [0.2, 0.25) is 0 Å². The number of nitrogens with one attached hydrogen (secondary N) is 1. The third-order valence-corrected chi connectivity index (χ3v) is 4.22. The van der Waals surface area contributed by atoms with Gasteiger partial charge in [-0.2, -0.15) is 0 Å². The number of ether oxygens (including phenoxy) is 3. The number of fused-ring (bicyclic) bond motifs is 1. The zero-order valence-corrected chi connectivity index (χ0v) is 13.7. The highest BCUT2D eigenvalue weighted by atomic mass is 16.7. The maximum Gasteiger partial charge on any atom is 0.231 e. The van der Waals surface area contributed by atoms with Gasteiger partial charge in [0, 0.05) is 39.8 Å². The van der Waals surface area contributed by atoms with Gasteiger partial charge in [-0.1, -0.05) is 6.07 Å². The van der Waals surface area contributed by atoms with Crippen molar-refractivity contribution in [1.82, 2.24) is 10.2 Å². The average Bonchev–Trinajstić information content (AvgIpc) is 3.18. The molecule has 1 saturated heterocycles. The van der Waals surface area contributed by atoms with Crippen LogP contribution in [0.25, 0.3) is 0 Å². The molecule has 130 valence electrons. The lowest BCUT2D eigenvalue weighted by atomic mass is 10.1. The quantitative estimate of drug-likeness (QED) is 0.750. The molecular formula is C17H22N2O5. The Morgan fingerprint density at radius 2 is 2.21 bits per heavy atom. The zero-order valence-electron chi connectivity index (χ0n) is 13.7. The molecule has 0 saturated carbocycles. The molecule has 2 aliphatic heterocycles. The number of nitrogens with zero attached hydrogens (tertiary/aromatic N) is 1. The second kappa shape index (κ2) is 7.53. The molecule has 7 nitrogen and oxygen atoms in total. The predicted octanol–water partition coefficient (Wildman–Crippen LogP) is 0.916. The molecule has 2 heterocycles. The second-order valence-electron chi connectivity index (χ2n) is 6.00. The summed E-state index contributed by atoms with van der Waals surface area (Å²) in [7, 11) is 1.63. The van der Waals surface area contributed by atoms with Crippen molar-refractivity contribution in [1.29, 1.82) is 0 Å². The molecule has 0 aliphatic carbocycles. The van der Waals surface area contributed by atoms with E-state index in [-0.39, 0.29) is 30.9 Å². The normalized spacial score (nSPS) is 19.0. The molecule has 0 radical (unpaired) electrons. The smallest absolute Gasteiger partial charge is 0.231 e. The van der Waals surface area contributed by atoms with E-state index in [0.29, 0.717) is 32.0 Å². The summed E-state index contributed by atoms with van der Waals surface area (Å²) in [5.74, 6) is 1.08. The van der Waals surface area contributed by atoms with E-state index in [9.17, 15) is 9.59 Å². The third kappa shape index (κ3) is 3.79. The van der Waals surface area contributed by atoms with Crippen molar-refractivity contribution in [2.24, 2.45) is 5.92 Å². The highest BCUT2D eigenvalue weighted by Gasteiger charge is 2.34. The van der Waals surface area contributed by atoms with Crippen molar-refractivity contribution in [3.8, 4) is 11.5 Å². The summed E-state index contributed by atoms with van der Waals surface area (Å²) in [4.78, 5) is 26.0. The van der Waals surface area contributed by atoms with Crippen molar-refractivity contribution >= 4 is 11.8 Å². The van der Waals surface area contributed by atoms with Gasteiger partial charge in [0.25, 0.3) is 0 Å². The number of likely N-dealkylation sites (tertiary alicyclic amines) is 1. The van der Waals surface area contributed by atoms with E-state index in [0.717, 1.165) is 17.7 Å². The van der Waals surface area contributed by atoms with Gasteiger partial charge in [0.2, 0.25) is 18.6 Å². The van der Waals surface area contributed by atoms with Gasteiger partial charge >= 0.3 is 0 Å².